The van der Waals surface area contributed by atoms with Gasteiger partial charge in [0.05, 0.1) is 0 Å². The summed E-state index contributed by atoms with van der Waals surface area (Å²) in [5, 5.41) is 0.495. The fraction of sp³-hybridized carbons (Fsp3) is 0.350. The van der Waals surface area contributed by atoms with Gasteiger partial charge in [0, 0.05) is 0 Å². The van der Waals surface area contributed by atoms with Gasteiger partial charge in [-0.25, -0.2) is 0 Å². The number of rotatable bonds is 5. The molecule has 2 atom stereocenters. The Morgan fingerprint density at radius 3 is 2.46 bits per heavy atom. The Kier molecular flexibility index (Phi) is 6.40. The number of nitrogens with zero attached hydrogens (tertiary/aromatic N) is 1. The molecular weight excluding hydrogens is 397 g/mol. The van der Waals surface area contributed by atoms with Gasteiger partial charge in [0.15, 0.2) is 0 Å². The molecule has 0 fully saturated rings. The molecule has 3 rings (SSSR count). The molecule has 4 heteroatoms. The van der Waals surface area contributed by atoms with Crippen molar-refractivity contribution in [3.05, 3.63) is 65.7 Å². The van der Waals surface area contributed by atoms with Gasteiger partial charge in [0.25, 0.3) is 0 Å². The van der Waals surface area contributed by atoms with Crippen molar-refractivity contribution < 1.29 is 0 Å². The third kappa shape index (κ3) is 4.05. The molecule has 0 spiro atoms. The first kappa shape index (κ1) is 18.0. The molecule has 1 aliphatic rings. The van der Waals surface area contributed by atoms with E-state index in [2.05, 4.69) is 73.3 Å². The zero-order valence-corrected chi connectivity index (χ0v) is 17.5. The SMILES string of the molecule is CCN(CC)C(=S)SC1c2ccccc2CC1[Se]c1ccccc1. The second-order valence-corrected chi connectivity index (χ2v) is 10.4. The van der Waals surface area contributed by atoms with E-state index in [1.165, 1.54) is 22.0 Å². The summed E-state index contributed by atoms with van der Waals surface area (Å²) in [7, 11) is 0. The first-order valence-electron chi connectivity index (χ1n) is 8.48. The minimum absolute atomic E-state index is 0.469. The van der Waals surface area contributed by atoms with Crippen LogP contribution in [0.1, 0.15) is 30.2 Å². The molecule has 0 N–H and O–H groups in total. The summed E-state index contributed by atoms with van der Waals surface area (Å²) in [6, 6.07) is 19.9. The molecule has 0 heterocycles. The van der Waals surface area contributed by atoms with E-state index in [9.17, 15) is 0 Å². The molecule has 0 amide bonds. The van der Waals surface area contributed by atoms with Gasteiger partial charge in [-0.3, -0.25) is 0 Å². The summed E-state index contributed by atoms with van der Waals surface area (Å²) in [5.74, 6) is 0. The van der Waals surface area contributed by atoms with E-state index in [0.29, 0.717) is 25.0 Å². The molecule has 1 aliphatic carbocycles. The Morgan fingerprint density at radius 1 is 1.08 bits per heavy atom. The Hall–Kier alpha value is -0.801. The van der Waals surface area contributed by atoms with Gasteiger partial charge in [0.1, 0.15) is 0 Å². The molecule has 2 aromatic carbocycles. The van der Waals surface area contributed by atoms with Gasteiger partial charge >= 0.3 is 162 Å². The zero-order chi connectivity index (χ0) is 16.9. The van der Waals surface area contributed by atoms with E-state index >= 15 is 0 Å². The van der Waals surface area contributed by atoms with Crippen LogP contribution in [0.3, 0.4) is 0 Å². The first-order chi connectivity index (χ1) is 11.7. The average Bonchev–Trinajstić information content (AvgIpc) is 2.94. The van der Waals surface area contributed by atoms with E-state index in [1.807, 2.05) is 11.8 Å². The third-order valence-corrected chi connectivity index (χ3v) is 9.33. The van der Waals surface area contributed by atoms with Crippen LogP contribution in [-0.4, -0.2) is 37.3 Å². The van der Waals surface area contributed by atoms with E-state index < -0.39 is 0 Å². The third-order valence-electron chi connectivity index (χ3n) is 4.40. The average molecular weight is 421 g/mol. The Morgan fingerprint density at radius 2 is 1.75 bits per heavy atom. The van der Waals surface area contributed by atoms with Crippen LogP contribution < -0.4 is 4.46 Å². The van der Waals surface area contributed by atoms with E-state index in [0.717, 1.165) is 17.4 Å². The van der Waals surface area contributed by atoms with Crippen molar-refractivity contribution >= 4 is 47.7 Å². The summed E-state index contributed by atoms with van der Waals surface area (Å²) in [4.78, 5) is 2.98. The summed E-state index contributed by atoms with van der Waals surface area (Å²) in [6.45, 7) is 6.35. The monoisotopic (exact) mass is 421 g/mol. The van der Waals surface area contributed by atoms with Crippen LogP contribution >= 0.6 is 24.0 Å². The van der Waals surface area contributed by atoms with Crippen LogP contribution in [0.15, 0.2) is 54.6 Å². The number of fused-ring (bicyclic) bond motifs is 1. The topological polar surface area (TPSA) is 3.24 Å². The van der Waals surface area contributed by atoms with Crippen LogP contribution in [-0.2, 0) is 6.42 Å². The minimum atomic E-state index is 0.469. The standard InChI is InChI=1S/C20H23NS2Se/c1-3-21(4-2)20(22)23-19-17-13-9-8-10-15(17)14-18(19)24-16-11-6-5-7-12-16/h5-13,18-19H,3-4,14H2,1-2H3. The number of hydrogen-bond donors (Lipinski definition) is 0. The summed E-state index contributed by atoms with van der Waals surface area (Å²) >= 11 is 8.13. The molecule has 0 saturated heterocycles. The molecule has 126 valence electrons. The molecule has 2 unspecified atom stereocenters. The molecule has 24 heavy (non-hydrogen) atoms. The van der Waals surface area contributed by atoms with Gasteiger partial charge in [0.2, 0.25) is 0 Å². The normalized spacial score (nSPS) is 19.1. The fourth-order valence-electron chi connectivity index (χ4n) is 3.10. The quantitative estimate of drug-likeness (QED) is 0.519. The summed E-state index contributed by atoms with van der Waals surface area (Å²) in [5.41, 5.74) is 3.01. The van der Waals surface area contributed by atoms with Crippen molar-refractivity contribution in [3.8, 4) is 0 Å². The second kappa shape index (κ2) is 8.53. The van der Waals surface area contributed by atoms with Crippen molar-refractivity contribution in [3.63, 3.8) is 0 Å². The molecule has 0 saturated carbocycles. The summed E-state index contributed by atoms with van der Waals surface area (Å²) in [6.07, 6.45) is 1.18. The predicted molar refractivity (Wildman–Crippen MR) is 112 cm³/mol. The Bertz CT molecular complexity index is 685. The maximum atomic E-state index is 5.75. The first-order valence-corrected chi connectivity index (χ1v) is 11.6. The molecule has 0 aromatic heterocycles. The van der Waals surface area contributed by atoms with Crippen molar-refractivity contribution in [2.24, 2.45) is 0 Å². The van der Waals surface area contributed by atoms with Crippen molar-refractivity contribution in [2.45, 2.75) is 30.3 Å². The number of thiocarbonyl (C=S) groups is 1. The van der Waals surface area contributed by atoms with Crippen LogP contribution in [0.25, 0.3) is 0 Å². The Balaban J connectivity index is 1.82. The van der Waals surface area contributed by atoms with Crippen LogP contribution in [0, 0.1) is 0 Å². The molecular formula is C20H23NS2Se. The van der Waals surface area contributed by atoms with Gasteiger partial charge in [-0.1, -0.05) is 0 Å². The predicted octanol–water partition coefficient (Wildman–Crippen LogP) is 4.46. The van der Waals surface area contributed by atoms with Gasteiger partial charge in [-0.15, -0.1) is 0 Å². The van der Waals surface area contributed by atoms with E-state index in [-0.39, 0.29) is 0 Å². The molecule has 0 aliphatic heterocycles. The molecule has 2 aromatic rings. The van der Waals surface area contributed by atoms with Gasteiger partial charge < -0.3 is 0 Å². The number of hydrogen-bond acceptors (Lipinski definition) is 2. The zero-order valence-electron chi connectivity index (χ0n) is 14.1. The van der Waals surface area contributed by atoms with Gasteiger partial charge in [-0.2, -0.15) is 0 Å². The van der Waals surface area contributed by atoms with E-state index in [4.69, 9.17) is 12.2 Å². The second-order valence-electron chi connectivity index (χ2n) is 5.85. The van der Waals surface area contributed by atoms with Crippen molar-refractivity contribution in [1.29, 1.82) is 0 Å². The van der Waals surface area contributed by atoms with E-state index in [1.54, 1.807) is 0 Å². The molecule has 1 nitrogen and oxygen atoms in total. The van der Waals surface area contributed by atoms with Crippen molar-refractivity contribution in [2.75, 3.05) is 13.1 Å². The van der Waals surface area contributed by atoms with Crippen LogP contribution in [0.4, 0.5) is 0 Å². The van der Waals surface area contributed by atoms with Crippen LogP contribution in [0.2, 0.25) is 4.82 Å². The number of thioether (sulfide) groups is 1. The molecule has 0 radical (unpaired) electrons. The maximum absolute atomic E-state index is 5.75. The van der Waals surface area contributed by atoms with Crippen LogP contribution in [0.5, 0.6) is 0 Å². The Labute approximate surface area is 161 Å². The molecule has 0 bridgehead atoms. The summed E-state index contributed by atoms with van der Waals surface area (Å²) < 4.78 is 2.54. The fourth-order valence-corrected chi connectivity index (χ4v) is 8.05. The van der Waals surface area contributed by atoms with Crippen molar-refractivity contribution in [1.82, 2.24) is 4.90 Å². The number of benzene rings is 2. The van der Waals surface area contributed by atoms with Gasteiger partial charge in [-0.05, 0) is 0 Å².